The zero-order valence-corrected chi connectivity index (χ0v) is 9.94. The molecule has 0 saturated carbocycles. The summed E-state index contributed by atoms with van der Waals surface area (Å²) in [7, 11) is 0. The molecule has 17 heavy (non-hydrogen) atoms. The van der Waals surface area contributed by atoms with Gasteiger partial charge in [0.1, 0.15) is 6.04 Å². The molecule has 5 heteroatoms. The number of nitrogens with two attached hydrogens (primary N) is 1. The first-order valence-corrected chi connectivity index (χ1v) is 5.42. The Balaban J connectivity index is 2.51. The molecule has 5 nitrogen and oxygen atoms in total. The van der Waals surface area contributed by atoms with E-state index in [9.17, 15) is 9.59 Å². The van der Waals surface area contributed by atoms with Crippen molar-refractivity contribution in [2.45, 2.75) is 25.9 Å². The van der Waals surface area contributed by atoms with Crippen LogP contribution in [0.3, 0.4) is 0 Å². The smallest absolute Gasteiger partial charge is 0.246 e. The number of rotatable bonds is 4. The second-order valence-corrected chi connectivity index (χ2v) is 3.87. The van der Waals surface area contributed by atoms with Crippen molar-refractivity contribution in [3.8, 4) is 0 Å². The first-order valence-electron chi connectivity index (χ1n) is 5.42. The van der Waals surface area contributed by atoms with E-state index in [0.717, 1.165) is 0 Å². The summed E-state index contributed by atoms with van der Waals surface area (Å²) in [6, 6.07) is 7.81. The van der Waals surface area contributed by atoms with Gasteiger partial charge in [-0.1, -0.05) is 18.2 Å². The van der Waals surface area contributed by atoms with Gasteiger partial charge in [-0.2, -0.15) is 0 Å². The van der Waals surface area contributed by atoms with E-state index in [1.165, 1.54) is 0 Å². The quantitative estimate of drug-likeness (QED) is 0.709. The highest BCUT2D eigenvalue weighted by Crippen LogP contribution is 2.05. The Morgan fingerprint density at radius 2 is 1.71 bits per heavy atom. The molecular weight excluding hydrogens is 218 g/mol. The van der Waals surface area contributed by atoms with Crippen LogP contribution in [0.1, 0.15) is 13.8 Å². The summed E-state index contributed by atoms with van der Waals surface area (Å²) in [5.74, 6) is -0.620. The molecule has 1 aromatic rings. The highest BCUT2D eigenvalue weighted by Gasteiger charge is 2.17. The molecule has 0 aliphatic rings. The van der Waals surface area contributed by atoms with E-state index >= 15 is 0 Å². The maximum absolute atomic E-state index is 11.7. The Morgan fingerprint density at radius 3 is 2.24 bits per heavy atom. The Bertz CT molecular complexity index is 390. The predicted molar refractivity (Wildman–Crippen MR) is 66.3 cm³/mol. The maximum atomic E-state index is 11.7. The number of carbonyl (C=O) groups is 2. The molecule has 0 aromatic heterocycles. The standard InChI is InChI=1S/C12H17N3O2/c1-8(13)11(16)14-9(2)12(17)15-10-6-4-3-5-7-10/h3-9H,13H2,1-2H3,(H,14,16)(H,15,17)/t8-,9-/m0/s1. The summed E-state index contributed by atoms with van der Waals surface area (Å²) in [6.45, 7) is 3.18. The molecule has 0 heterocycles. The van der Waals surface area contributed by atoms with Crippen molar-refractivity contribution < 1.29 is 9.59 Å². The summed E-state index contributed by atoms with van der Waals surface area (Å²) < 4.78 is 0. The highest BCUT2D eigenvalue weighted by atomic mass is 16.2. The molecule has 2 amide bonds. The number of hydrogen-bond acceptors (Lipinski definition) is 3. The molecule has 0 radical (unpaired) electrons. The third-order valence-electron chi connectivity index (χ3n) is 2.21. The highest BCUT2D eigenvalue weighted by molar-refractivity contribution is 5.97. The summed E-state index contributed by atoms with van der Waals surface area (Å²) in [4.78, 5) is 23.0. The number of benzene rings is 1. The largest absolute Gasteiger partial charge is 0.343 e. The van der Waals surface area contributed by atoms with Crippen LogP contribution in [0, 0.1) is 0 Å². The van der Waals surface area contributed by atoms with Gasteiger partial charge in [-0.25, -0.2) is 0 Å². The first kappa shape index (κ1) is 13.2. The van der Waals surface area contributed by atoms with Gasteiger partial charge in [-0.05, 0) is 26.0 Å². The fourth-order valence-electron chi connectivity index (χ4n) is 1.18. The number of nitrogens with one attached hydrogen (secondary N) is 2. The fraction of sp³-hybridized carbons (Fsp3) is 0.333. The molecule has 2 atom stereocenters. The lowest BCUT2D eigenvalue weighted by atomic mass is 10.2. The van der Waals surface area contributed by atoms with Gasteiger partial charge in [0.25, 0.3) is 0 Å². The molecule has 1 aromatic carbocycles. The molecule has 0 saturated heterocycles. The van der Waals surface area contributed by atoms with Crippen LogP contribution in [-0.4, -0.2) is 23.9 Å². The van der Waals surface area contributed by atoms with Gasteiger partial charge >= 0.3 is 0 Å². The van der Waals surface area contributed by atoms with Crippen molar-refractivity contribution in [1.29, 1.82) is 0 Å². The van der Waals surface area contributed by atoms with E-state index in [2.05, 4.69) is 10.6 Å². The molecule has 4 N–H and O–H groups in total. The molecule has 0 aliphatic carbocycles. The van der Waals surface area contributed by atoms with Crippen LogP contribution in [0.25, 0.3) is 0 Å². The Hall–Kier alpha value is -1.88. The number of para-hydroxylation sites is 1. The fourth-order valence-corrected chi connectivity index (χ4v) is 1.18. The van der Waals surface area contributed by atoms with Crippen molar-refractivity contribution >= 4 is 17.5 Å². The van der Waals surface area contributed by atoms with Crippen molar-refractivity contribution in [2.24, 2.45) is 5.73 Å². The molecule has 1 rings (SSSR count). The zero-order valence-electron chi connectivity index (χ0n) is 9.94. The summed E-state index contributed by atoms with van der Waals surface area (Å²) in [5.41, 5.74) is 6.09. The first-order chi connectivity index (χ1) is 8.00. The SMILES string of the molecule is C[C@H](N)C(=O)N[C@@H](C)C(=O)Nc1ccccc1. The molecule has 0 spiro atoms. The van der Waals surface area contributed by atoms with Crippen LogP contribution in [0.4, 0.5) is 5.69 Å². The minimum Gasteiger partial charge on any atom is -0.343 e. The molecular formula is C12H17N3O2. The van der Waals surface area contributed by atoms with Gasteiger partial charge in [0, 0.05) is 5.69 Å². The number of amides is 2. The normalized spacial score (nSPS) is 13.6. The van der Waals surface area contributed by atoms with Crippen LogP contribution >= 0.6 is 0 Å². The second-order valence-electron chi connectivity index (χ2n) is 3.87. The Morgan fingerprint density at radius 1 is 1.12 bits per heavy atom. The topological polar surface area (TPSA) is 84.2 Å². The average Bonchev–Trinajstić information content (AvgIpc) is 2.29. The Labute approximate surface area is 100 Å². The van der Waals surface area contributed by atoms with E-state index in [1.54, 1.807) is 26.0 Å². The van der Waals surface area contributed by atoms with Gasteiger partial charge in [-0.15, -0.1) is 0 Å². The van der Waals surface area contributed by atoms with E-state index in [0.29, 0.717) is 5.69 Å². The van der Waals surface area contributed by atoms with Crippen LogP contribution in [0.2, 0.25) is 0 Å². The van der Waals surface area contributed by atoms with Gasteiger partial charge < -0.3 is 16.4 Å². The number of anilines is 1. The monoisotopic (exact) mass is 235 g/mol. The molecule has 0 bridgehead atoms. The van der Waals surface area contributed by atoms with Crippen LogP contribution < -0.4 is 16.4 Å². The van der Waals surface area contributed by atoms with Crippen molar-refractivity contribution in [3.63, 3.8) is 0 Å². The molecule has 0 fully saturated rings. The summed E-state index contributed by atoms with van der Waals surface area (Å²) in [5, 5.41) is 5.21. The molecule has 0 aliphatic heterocycles. The lowest BCUT2D eigenvalue weighted by molar-refractivity contribution is -0.126. The summed E-state index contributed by atoms with van der Waals surface area (Å²) in [6.07, 6.45) is 0. The van der Waals surface area contributed by atoms with E-state index in [4.69, 9.17) is 5.73 Å². The van der Waals surface area contributed by atoms with Gasteiger partial charge in [0.2, 0.25) is 11.8 Å². The van der Waals surface area contributed by atoms with E-state index in [-0.39, 0.29) is 11.8 Å². The minimum absolute atomic E-state index is 0.273. The van der Waals surface area contributed by atoms with E-state index < -0.39 is 12.1 Å². The number of hydrogen-bond donors (Lipinski definition) is 3. The molecule has 0 unspecified atom stereocenters. The average molecular weight is 235 g/mol. The lowest BCUT2D eigenvalue weighted by Crippen LogP contribution is -2.47. The minimum atomic E-state index is -0.623. The third kappa shape index (κ3) is 4.24. The van der Waals surface area contributed by atoms with Crippen LogP contribution in [-0.2, 0) is 9.59 Å². The van der Waals surface area contributed by atoms with Crippen LogP contribution in [0.5, 0.6) is 0 Å². The van der Waals surface area contributed by atoms with Gasteiger partial charge in [0.15, 0.2) is 0 Å². The van der Waals surface area contributed by atoms with Crippen LogP contribution in [0.15, 0.2) is 30.3 Å². The lowest BCUT2D eigenvalue weighted by Gasteiger charge is -2.15. The van der Waals surface area contributed by atoms with Crippen molar-refractivity contribution in [1.82, 2.24) is 5.32 Å². The van der Waals surface area contributed by atoms with Gasteiger partial charge in [-0.3, -0.25) is 9.59 Å². The second kappa shape index (κ2) is 6.00. The maximum Gasteiger partial charge on any atom is 0.246 e. The third-order valence-corrected chi connectivity index (χ3v) is 2.21. The van der Waals surface area contributed by atoms with Gasteiger partial charge in [0.05, 0.1) is 6.04 Å². The number of carbonyl (C=O) groups excluding carboxylic acids is 2. The van der Waals surface area contributed by atoms with Crippen molar-refractivity contribution in [2.75, 3.05) is 5.32 Å². The molecule has 92 valence electrons. The van der Waals surface area contributed by atoms with Crippen molar-refractivity contribution in [3.05, 3.63) is 30.3 Å². The summed E-state index contributed by atoms with van der Waals surface area (Å²) >= 11 is 0. The Kier molecular flexibility index (Phi) is 4.66. The zero-order chi connectivity index (χ0) is 12.8. The predicted octanol–water partition coefficient (Wildman–Crippen LogP) is 0.477. The van der Waals surface area contributed by atoms with E-state index in [1.807, 2.05) is 18.2 Å².